The number of hydrogen-bond donors (Lipinski definition) is 2. The summed E-state index contributed by atoms with van der Waals surface area (Å²) in [6, 6.07) is 0. The monoisotopic (exact) mass is 224 g/mol. The molecule has 3 N–H and O–H groups in total. The average Bonchev–Trinajstić information content (AvgIpc) is 2.43. The first kappa shape index (κ1) is 10.7. The molecule has 1 aromatic heterocycles. The Labute approximate surface area is 94.1 Å². The SMILES string of the molecule is CNCc1nc(N)c2c(n1)CCSCC2. The molecule has 15 heavy (non-hydrogen) atoms. The fourth-order valence-electron chi connectivity index (χ4n) is 1.76. The van der Waals surface area contributed by atoms with Crippen molar-refractivity contribution >= 4 is 17.6 Å². The van der Waals surface area contributed by atoms with Gasteiger partial charge in [0, 0.05) is 5.56 Å². The second kappa shape index (κ2) is 4.81. The smallest absolute Gasteiger partial charge is 0.144 e. The summed E-state index contributed by atoms with van der Waals surface area (Å²) in [5, 5.41) is 3.05. The second-order valence-corrected chi connectivity index (χ2v) is 4.82. The molecule has 82 valence electrons. The zero-order valence-electron chi connectivity index (χ0n) is 8.92. The van der Waals surface area contributed by atoms with Crippen LogP contribution in [0.25, 0.3) is 0 Å². The van der Waals surface area contributed by atoms with Gasteiger partial charge in [0.2, 0.25) is 0 Å². The van der Waals surface area contributed by atoms with Crippen molar-refractivity contribution in [3.8, 4) is 0 Å². The number of aromatic nitrogens is 2. The lowest BCUT2D eigenvalue weighted by atomic mass is 10.1. The van der Waals surface area contributed by atoms with Crippen LogP contribution in [0, 0.1) is 0 Å². The van der Waals surface area contributed by atoms with Gasteiger partial charge in [-0.05, 0) is 31.4 Å². The van der Waals surface area contributed by atoms with Crippen molar-refractivity contribution in [2.75, 3.05) is 24.3 Å². The Morgan fingerprint density at radius 1 is 1.33 bits per heavy atom. The minimum Gasteiger partial charge on any atom is -0.383 e. The van der Waals surface area contributed by atoms with Crippen molar-refractivity contribution < 1.29 is 0 Å². The molecule has 0 unspecified atom stereocenters. The van der Waals surface area contributed by atoms with Gasteiger partial charge in [0.1, 0.15) is 11.6 Å². The van der Waals surface area contributed by atoms with Gasteiger partial charge in [-0.25, -0.2) is 9.97 Å². The minimum absolute atomic E-state index is 0.674. The quantitative estimate of drug-likeness (QED) is 0.770. The van der Waals surface area contributed by atoms with E-state index in [0.717, 1.165) is 35.9 Å². The first-order chi connectivity index (χ1) is 7.31. The molecule has 5 heteroatoms. The lowest BCUT2D eigenvalue weighted by Gasteiger charge is -2.09. The molecule has 0 spiro atoms. The summed E-state index contributed by atoms with van der Waals surface area (Å²) in [7, 11) is 1.89. The molecule has 1 aromatic rings. The van der Waals surface area contributed by atoms with Gasteiger partial charge in [0.15, 0.2) is 0 Å². The predicted octanol–water partition coefficient (Wildman–Crippen LogP) is 0.610. The van der Waals surface area contributed by atoms with Crippen molar-refractivity contribution in [1.82, 2.24) is 15.3 Å². The normalized spacial score (nSPS) is 15.8. The van der Waals surface area contributed by atoms with E-state index in [4.69, 9.17) is 5.73 Å². The van der Waals surface area contributed by atoms with Gasteiger partial charge < -0.3 is 11.1 Å². The number of rotatable bonds is 2. The number of aryl methyl sites for hydroxylation is 1. The van der Waals surface area contributed by atoms with E-state index in [1.54, 1.807) is 0 Å². The third-order valence-electron chi connectivity index (χ3n) is 2.49. The van der Waals surface area contributed by atoms with Crippen LogP contribution in [0.5, 0.6) is 0 Å². The van der Waals surface area contributed by atoms with Crippen LogP contribution in [-0.2, 0) is 19.4 Å². The van der Waals surface area contributed by atoms with Crippen LogP contribution in [0.15, 0.2) is 0 Å². The van der Waals surface area contributed by atoms with Gasteiger partial charge in [-0.3, -0.25) is 0 Å². The highest BCUT2D eigenvalue weighted by molar-refractivity contribution is 7.99. The van der Waals surface area contributed by atoms with Crippen molar-refractivity contribution in [2.45, 2.75) is 19.4 Å². The molecule has 2 rings (SSSR count). The van der Waals surface area contributed by atoms with E-state index in [9.17, 15) is 0 Å². The molecule has 1 aliphatic rings. The number of fused-ring (bicyclic) bond motifs is 1. The maximum Gasteiger partial charge on any atom is 0.144 e. The third-order valence-corrected chi connectivity index (χ3v) is 3.47. The number of nitrogens with one attached hydrogen (secondary N) is 1. The Balaban J connectivity index is 2.35. The molecule has 4 nitrogen and oxygen atoms in total. The first-order valence-electron chi connectivity index (χ1n) is 5.17. The Morgan fingerprint density at radius 2 is 2.13 bits per heavy atom. The number of hydrogen-bond acceptors (Lipinski definition) is 5. The van der Waals surface area contributed by atoms with Crippen molar-refractivity contribution in [3.05, 3.63) is 17.1 Å². The van der Waals surface area contributed by atoms with Crippen molar-refractivity contribution in [3.63, 3.8) is 0 Å². The van der Waals surface area contributed by atoms with Gasteiger partial charge in [-0.15, -0.1) is 0 Å². The van der Waals surface area contributed by atoms with Crippen molar-refractivity contribution in [2.24, 2.45) is 0 Å². The molecule has 0 atom stereocenters. The third kappa shape index (κ3) is 2.41. The fraction of sp³-hybridized carbons (Fsp3) is 0.600. The fourth-order valence-corrected chi connectivity index (χ4v) is 2.65. The summed E-state index contributed by atoms with van der Waals surface area (Å²) in [5.41, 5.74) is 8.27. The van der Waals surface area contributed by atoms with E-state index in [0.29, 0.717) is 12.4 Å². The highest BCUT2D eigenvalue weighted by Crippen LogP contribution is 2.22. The largest absolute Gasteiger partial charge is 0.383 e. The molecule has 0 aromatic carbocycles. The lowest BCUT2D eigenvalue weighted by molar-refractivity contribution is 0.745. The number of thioether (sulfide) groups is 1. The molecule has 0 radical (unpaired) electrons. The summed E-state index contributed by atoms with van der Waals surface area (Å²) in [5.74, 6) is 3.75. The summed E-state index contributed by atoms with van der Waals surface area (Å²) in [4.78, 5) is 8.87. The lowest BCUT2D eigenvalue weighted by Crippen LogP contribution is -2.14. The predicted molar refractivity (Wildman–Crippen MR) is 63.9 cm³/mol. The Kier molecular flexibility index (Phi) is 3.43. The Hall–Kier alpha value is -0.810. The molecule has 2 heterocycles. The molecular formula is C10H16N4S. The molecule has 0 amide bonds. The van der Waals surface area contributed by atoms with Crippen LogP contribution in [0.1, 0.15) is 17.1 Å². The van der Waals surface area contributed by atoms with E-state index in [1.165, 1.54) is 5.56 Å². The van der Waals surface area contributed by atoms with E-state index in [-0.39, 0.29) is 0 Å². The maximum absolute atomic E-state index is 5.95. The topological polar surface area (TPSA) is 63.8 Å². The van der Waals surface area contributed by atoms with Crippen LogP contribution in [0.4, 0.5) is 5.82 Å². The molecule has 0 fully saturated rings. The van der Waals surface area contributed by atoms with Crippen LogP contribution in [0.2, 0.25) is 0 Å². The van der Waals surface area contributed by atoms with Gasteiger partial charge in [-0.2, -0.15) is 11.8 Å². The Bertz CT molecular complexity index is 354. The van der Waals surface area contributed by atoms with Crippen LogP contribution in [-0.4, -0.2) is 28.5 Å². The summed E-state index contributed by atoms with van der Waals surface area (Å²) >= 11 is 1.96. The highest BCUT2D eigenvalue weighted by atomic mass is 32.2. The van der Waals surface area contributed by atoms with E-state index in [2.05, 4.69) is 15.3 Å². The van der Waals surface area contributed by atoms with Gasteiger partial charge >= 0.3 is 0 Å². The first-order valence-corrected chi connectivity index (χ1v) is 6.33. The van der Waals surface area contributed by atoms with Gasteiger partial charge in [0.25, 0.3) is 0 Å². The maximum atomic E-state index is 5.95. The molecule has 1 aliphatic heterocycles. The zero-order chi connectivity index (χ0) is 10.7. The molecular weight excluding hydrogens is 208 g/mol. The Morgan fingerprint density at radius 3 is 2.93 bits per heavy atom. The number of nitrogen functional groups attached to an aromatic ring is 1. The second-order valence-electron chi connectivity index (χ2n) is 3.59. The molecule has 0 bridgehead atoms. The van der Waals surface area contributed by atoms with Crippen LogP contribution < -0.4 is 11.1 Å². The van der Waals surface area contributed by atoms with Crippen LogP contribution in [0.3, 0.4) is 0 Å². The van der Waals surface area contributed by atoms with Crippen molar-refractivity contribution in [1.29, 1.82) is 0 Å². The molecule has 0 saturated heterocycles. The average molecular weight is 224 g/mol. The number of nitrogens with two attached hydrogens (primary N) is 1. The van der Waals surface area contributed by atoms with E-state index >= 15 is 0 Å². The summed E-state index contributed by atoms with van der Waals surface area (Å²) in [6.07, 6.45) is 2.02. The zero-order valence-corrected chi connectivity index (χ0v) is 9.73. The minimum atomic E-state index is 0.674. The van der Waals surface area contributed by atoms with Gasteiger partial charge in [0.05, 0.1) is 12.2 Å². The summed E-state index contributed by atoms with van der Waals surface area (Å²) < 4.78 is 0. The van der Waals surface area contributed by atoms with E-state index in [1.807, 2.05) is 18.8 Å². The van der Waals surface area contributed by atoms with Gasteiger partial charge in [-0.1, -0.05) is 0 Å². The highest BCUT2D eigenvalue weighted by Gasteiger charge is 2.14. The standard InChI is InChI=1S/C10H16N4S/c1-12-6-9-13-8-3-5-15-4-2-7(8)10(11)14-9/h12H,2-6H2,1H3,(H2,11,13,14). The van der Waals surface area contributed by atoms with E-state index < -0.39 is 0 Å². The molecule has 0 saturated carbocycles. The molecule has 0 aliphatic carbocycles. The summed E-state index contributed by atoms with van der Waals surface area (Å²) in [6.45, 7) is 0.685. The number of nitrogens with zero attached hydrogens (tertiary/aromatic N) is 2. The number of anilines is 1. The van der Waals surface area contributed by atoms with Crippen LogP contribution >= 0.6 is 11.8 Å².